The summed E-state index contributed by atoms with van der Waals surface area (Å²) < 4.78 is 11.3. The van der Waals surface area contributed by atoms with E-state index in [1.165, 1.54) is 6.08 Å². The summed E-state index contributed by atoms with van der Waals surface area (Å²) in [5.74, 6) is 0.297. The molecule has 0 fully saturated rings. The first-order valence-corrected chi connectivity index (χ1v) is 12.6. The van der Waals surface area contributed by atoms with Crippen molar-refractivity contribution in [3.8, 4) is 5.75 Å². The average Bonchev–Trinajstić information content (AvgIpc) is 2.91. The maximum Gasteiger partial charge on any atom is 0.412 e. The first-order chi connectivity index (χ1) is 18.4. The zero-order valence-corrected chi connectivity index (χ0v) is 21.7. The quantitative estimate of drug-likeness (QED) is 0.177. The first-order valence-electron chi connectivity index (χ1n) is 12.6. The lowest BCUT2D eigenvalue weighted by Gasteiger charge is -2.25. The molecule has 0 heterocycles. The molecule has 0 spiro atoms. The highest BCUT2D eigenvalue weighted by atomic mass is 16.6. The van der Waals surface area contributed by atoms with Gasteiger partial charge in [0.25, 0.3) is 0 Å². The summed E-state index contributed by atoms with van der Waals surface area (Å²) in [7, 11) is 0. The van der Waals surface area contributed by atoms with Crippen LogP contribution in [0.2, 0.25) is 0 Å². The van der Waals surface area contributed by atoms with Crippen LogP contribution in [-0.4, -0.2) is 30.3 Å². The van der Waals surface area contributed by atoms with Crippen molar-refractivity contribution in [1.82, 2.24) is 0 Å². The van der Waals surface area contributed by atoms with Crippen molar-refractivity contribution in [1.29, 1.82) is 0 Å². The molecule has 0 radical (unpaired) electrons. The van der Waals surface area contributed by atoms with Crippen LogP contribution in [0.5, 0.6) is 5.75 Å². The third kappa shape index (κ3) is 8.97. The van der Waals surface area contributed by atoms with Crippen molar-refractivity contribution >= 4 is 29.1 Å². The molecular formula is C30H35N3O5. The van der Waals surface area contributed by atoms with E-state index >= 15 is 0 Å². The Morgan fingerprint density at radius 1 is 1.00 bits per heavy atom. The number of para-hydroxylation sites is 2. The van der Waals surface area contributed by atoms with Gasteiger partial charge in [0, 0.05) is 5.69 Å². The minimum Gasteiger partial charge on any atom is -0.491 e. The summed E-state index contributed by atoms with van der Waals surface area (Å²) in [5, 5.41) is 14.5. The second kappa shape index (κ2) is 14.4. The van der Waals surface area contributed by atoms with Gasteiger partial charge in [-0.15, -0.1) is 0 Å². The van der Waals surface area contributed by atoms with E-state index in [1.54, 1.807) is 42.5 Å². The van der Waals surface area contributed by atoms with Gasteiger partial charge < -0.3 is 25.6 Å². The Kier molecular flexibility index (Phi) is 10.7. The summed E-state index contributed by atoms with van der Waals surface area (Å²) in [5.41, 5.74) is 9.49. The van der Waals surface area contributed by atoms with Crippen molar-refractivity contribution in [2.45, 2.75) is 32.8 Å². The third-order valence-corrected chi connectivity index (χ3v) is 5.89. The Balaban J connectivity index is 1.63. The Morgan fingerprint density at radius 3 is 2.39 bits per heavy atom. The number of hydrogen-bond donors (Lipinski definition) is 4. The van der Waals surface area contributed by atoms with E-state index in [9.17, 15) is 9.59 Å². The number of carbonyl (C=O) groups excluding carboxylic acids is 2. The van der Waals surface area contributed by atoms with Crippen LogP contribution in [0.15, 0.2) is 84.9 Å². The Morgan fingerprint density at radius 2 is 1.71 bits per heavy atom. The van der Waals surface area contributed by atoms with Crippen LogP contribution in [0.3, 0.4) is 0 Å². The van der Waals surface area contributed by atoms with Gasteiger partial charge in [-0.2, -0.15) is 0 Å². The molecule has 0 bridgehead atoms. The average molecular weight is 518 g/mol. The number of nitrogen functional groups attached to an aromatic ring is 1. The summed E-state index contributed by atoms with van der Waals surface area (Å²) in [4.78, 5) is 25.0. The molecule has 3 aromatic rings. The molecule has 2 amide bonds. The number of anilines is 3. The number of carbonyl (C=O) groups is 2. The van der Waals surface area contributed by atoms with E-state index in [-0.39, 0.29) is 25.0 Å². The fourth-order valence-corrected chi connectivity index (χ4v) is 3.82. The third-order valence-electron chi connectivity index (χ3n) is 5.89. The molecule has 0 saturated carbocycles. The smallest absolute Gasteiger partial charge is 0.412 e. The lowest BCUT2D eigenvalue weighted by molar-refractivity contribution is -0.111. The monoisotopic (exact) mass is 517 g/mol. The zero-order chi connectivity index (χ0) is 27.3. The van der Waals surface area contributed by atoms with Crippen molar-refractivity contribution in [3.05, 3.63) is 96.1 Å². The van der Waals surface area contributed by atoms with Crippen LogP contribution in [-0.2, 0) is 9.53 Å². The summed E-state index contributed by atoms with van der Waals surface area (Å²) in [6.45, 7) is 4.10. The van der Waals surface area contributed by atoms with Crippen LogP contribution in [0.1, 0.15) is 37.0 Å². The van der Waals surface area contributed by atoms with E-state index in [4.69, 9.17) is 20.3 Å². The molecule has 200 valence electrons. The van der Waals surface area contributed by atoms with Gasteiger partial charge >= 0.3 is 6.09 Å². The maximum absolute atomic E-state index is 12.8. The minimum atomic E-state index is -0.554. The molecular weight excluding hydrogens is 482 g/mol. The molecule has 38 heavy (non-hydrogen) atoms. The molecule has 0 saturated heterocycles. The number of nitrogens with two attached hydrogens (primary N) is 1. The highest BCUT2D eigenvalue weighted by Gasteiger charge is 2.23. The van der Waals surface area contributed by atoms with E-state index < -0.39 is 12.2 Å². The maximum atomic E-state index is 12.8. The fraction of sp³-hybridized carbons (Fsp3) is 0.267. The predicted octanol–water partition coefficient (Wildman–Crippen LogP) is 5.85. The molecule has 0 aliphatic heterocycles. The lowest BCUT2D eigenvalue weighted by atomic mass is 9.93. The van der Waals surface area contributed by atoms with E-state index in [0.717, 1.165) is 11.1 Å². The normalized spacial score (nSPS) is 12.5. The zero-order valence-electron chi connectivity index (χ0n) is 21.7. The number of hydrogen-bond acceptors (Lipinski definition) is 6. The molecule has 8 heteroatoms. The molecule has 3 aromatic carbocycles. The predicted molar refractivity (Wildman–Crippen MR) is 150 cm³/mol. The summed E-state index contributed by atoms with van der Waals surface area (Å²) in [6, 6.07) is 21.8. The molecule has 8 nitrogen and oxygen atoms in total. The summed E-state index contributed by atoms with van der Waals surface area (Å²) >= 11 is 0. The van der Waals surface area contributed by atoms with Gasteiger partial charge in [-0.3, -0.25) is 10.1 Å². The van der Waals surface area contributed by atoms with Gasteiger partial charge in [0.15, 0.2) is 0 Å². The molecule has 2 atom stereocenters. The van der Waals surface area contributed by atoms with Gasteiger partial charge in [0.2, 0.25) is 5.91 Å². The number of aryl methyl sites for hydroxylation is 1. The van der Waals surface area contributed by atoms with Crippen molar-refractivity contribution < 1.29 is 24.2 Å². The SMILES string of the molecule is Cc1ccc(NC(=O)O[C@@H](c2ccc(OCCO)cc2)[C@H](C)CC/C=C/C(=O)Nc2ccccc2N)cc1. The number of allylic oxidation sites excluding steroid dienone is 1. The van der Waals surface area contributed by atoms with Crippen molar-refractivity contribution in [3.63, 3.8) is 0 Å². The van der Waals surface area contributed by atoms with Gasteiger partial charge in [-0.25, -0.2) is 4.79 Å². The standard InChI is InChI=1S/C30H35N3O5/c1-21-11-15-24(16-12-21)32-30(36)38-29(23-13-17-25(18-14-23)37-20-19-34)22(2)7-3-6-10-28(35)33-27-9-5-4-8-26(27)31/h4-6,8-18,22,29,34H,3,7,19-20,31H2,1-2H3,(H,32,36)(H,33,35)/b10-6+/t22-,29-/m1/s1. The Hall–Kier alpha value is -4.30. The molecule has 0 aliphatic rings. The lowest BCUT2D eigenvalue weighted by Crippen LogP contribution is -2.22. The number of rotatable bonds is 12. The fourth-order valence-electron chi connectivity index (χ4n) is 3.82. The molecule has 0 aromatic heterocycles. The number of aliphatic hydroxyl groups excluding tert-OH is 1. The highest BCUT2D eigenvalue weighted by Crippen LogP contribution is 2.31. The number of benzene rings is 3. The van der Waals surface area contributed by atoms with Crippen LogP contribution in [0.4, 0.5) is 21.9 Å². The van der Waals surface area contributed by atoms with Crippen LogP contribution >= 0.6 is 0 Å². The number of amides is 2. The number of aliphatic hydroxyl groups is 1. The van der Waals surface area contributed by atoms with Crippen LogP contribution in [0, 0.1) is 12.8 Å². The first kappa shape index (κ1) is 28.3. The molecule has 0 aliphatic carbocycles. The number of ether oxygens (including phenoxy) is 2. The second-order valence-corrected chi connectivity index (χ2v) is 8.99. The topological polar surface area (TPSA) is 123 Å². The number of nitrogens with one attached hydrogen (secondary N) is 2. The van der Waals surface area contributed by atoms with Crippen LogP contribution in [0.25, 0.3) is 0 Å². The Labute approximate surface area is 223 Å². The van der Waals surface area contributed by atoms with Gasteiger partial charge in [-0.05, 0) is 73.7 Å². The molecule has 3 rings (SSSR count). The highest BCUT2D eigenvalue weighted by molar-refractivity contribution is 6.01. The van der Waals surface area contributed by atoms with Crippen molar-refractivity contribution in [2.24, 2.45) is 5.92 Å². The molecule has 5 N–H and O–H groups in total. The molecule has 0 unspecified atom stereocenters. The second-order valence-electron chi connectivity index (χ2n) is 8.99. The van der Waals surface area contributed by atoms with Gasteiger partial charge in [0.05, 0.1) is 18.0 Å². The van der Waals surface area contributed by atoms with Gasteiger partial charge in [0.1, 0.15) is 18.5 Å². The van der Waals surface area contributed by atoms with Crippen molar-refractivity contribution in [2.75, 3.05) is 29.6 Å². The van der Waals surface area contributed by atoms with Crippen LogP contribution < -0.4 is 21.1 Å². The Bertz CT molecular complexity index is 1210. The van der Waals surface area contributed by atoms with E-state index in [1.807, 2.05) is 50.2 Å². The largest absolute Gasteiger partial charge is 0.491 e. The van der Waals surface area contributed by atoms with E-state index in [0.29, 0.717) is 35.7 Å². The van der Waals surface area contributed by atoms with E-state index in [2.05, 4.69) is 10.6 Å². The minimum absolute atomic E-state index is 0.0551. The summed E-state index contributed by atoms with van der Waals surface area (Å²) in [6.07, 6.45) is 3.46. The van der Waals surface area contributed by atoms with Gasteiger partial charge in [-0.1, -0.05) is 55.0 Å².